The molecule has 0 atom stereocenters. The Morgan fingerprint density at radius 1 is 1.24 bits per heavy atom. The molecule has 1 fully saturated rings. The second-order valence-corrected chi connectivity index (χ2v) is 4.47. The van der Waals surface area contributed by atoms with Crippen molar-refractivity contribution >= 4 is 28.5 Å². The lowest BCUT2D eigenvalue weighted by Crippen LogP contribution is -2.35. The smallest absolute Gasteiger partial charge is 0.226 e. The minimum atomic E-state index is 0.223. The highest BCUT2D eigenvalue weighted by atomic mass is 35.5. The molecule has 0 unspecified atom stereocenters. The van der Waals surface area contributed by atoms with Crippen LogP contribution < -0.4 is 5.43 Å². The molecule has 0 amide bonds. The summed E-state index contributed by atoms with van der Waals surface area (Å²) in [4.78, 5) is 8.28. The van der Waals surface area contributed by atoms with E-state index in [0.29, 0.717) is 5.65 Å². The number of nitrogens with one attached hydrogen (secondary N) is 2. The molecule has 0 saturated carbocycles. The van der Waals surface area contributed by atoms with Crippen molar-refractivity contribution in [3.63, 3.8) is 0 Å². The molecule has 6 nitrogen and oxygen atoms in total. The zero-order valence-corrected chi connectivity index (χ0v) is 10.0. The number of halogens is 1. The van der Waals surface area contributed by atoms with E-state index in [1.54, 1.807) is 6.20 Å². The Morgan fingerprint density at radius 3 is 2.88 bits per heavy atom. The van der Waals surface area contributed by atoms with Crippen molar-refractivity contribution < 1.29 is 0 Å². The molecular formula is C10H13ClN6. The van der Waals surface area contributed by atoms with Gasteiger partial charge in [0.1, 0.15) is 0 Å². The van der Waals surface area contributed by atoms with Crippen molar-refractivity contribution in [2.45, 2.75) is 19.3 Å². The van der Waals surface area contributed by atoms with Gasteiger partial charge in [0.25, 0.3) is 0 Å². The molecule has 1 aliphatic rings. The summed E-state index contributed by atoms with van der Waals surface area (Å²) in [5.74, 6) is 0.718. The standard InChI is InChI=1S/C10H13ClN6/c11-10-13-8-7(6-12-15-8)9(14-10)16-17-4-2-1-3-5-17/h6H,1-5H2,(H2,12,13,14,15,16). The first-order valence-electron chi connectivity index (χ1n) is 5.71. The third kappa shape index (κ3) is 2.18. The second-order valence-electron chi connectivity index (χ2n) is 4.13. The van der Waals surface area contributed by atoms with Crippen LogP contribution in [0.15, 0.2) is 6.20 Å². The van der Waals surface area contributed by atoms with E-state index in [1.165, 1.54) is 19.3 Å². The van der Waals surface area contributed by atoms with Crippen LogP contribution in [-0.4, -0.2) is 38.3 Å². The number of H-pyrrole nitrogens is 1. The van der Waals surface area contributed by atoms with Gasteiger partial charge in [0.05, 0.1) is 11.6 Å². The number of piperidine rings is 1. The fourth-order valence-corrected chi connectivity index (χ4v) is 2.22. The van der Waals surface area contributed by atoms with Crippen LogP contribution in [0.4, 0.5) is 5.82 Å². The van der Waals surface area contributed by atoms with E-state index in [-0.39, 0.29) is 5.28 Å². The third-order valence-electron chi connectivity index (χ3n) is 2.90. The number of hydrogen-bond donors (Lipinski definition) is 2. The number of aromatic nitrogens is 4. The molecule has 0 aliphatic carbocycles. The number of hydrogen-bond acceptors (Lipinski definition) is 5. The Morgan fingerprint density at radius 2 is 2.06 bits per heavy atom. The van der Waals surface area contributed by atoms with E-state index in [4.69, 9.17) is 11.6 Å². The highest BCUT2D eigenvalue weighted by Gasteiger charge is 2.14. The lowest BCUT2D eigenvalue weighted by atomic mass is 10.2. The number of rotatable bonds is 2. The van der Waals surface area contributed by atoms with Gasteiger partial charge in [-0.25, -0.2) is 5.01 Å². The number of nitrogens with zero attached hydrogens (tertiary/aromatic N) is 4. The molecule has 3 heterocycles. The Hall–Kier alpha value is -1.40. The van der Waals surface area contributed by atoms with Gasteiger partial charge in [-0.15, -0.1) is 0 Å². The molecule has 2 aromatic rings. The van der Waals surface area contributed by atoms with Crippen LogP contribution >= 0.6 is 11.6 Å². The molecule has 3 rings (SSSR count). The average molecular weight is 253 g/mol. The van der Waals surface area contributed by atoms with Crippen molar-refractivity contribution in [2.75, 3.05) is 18.5 Å². The second kappa shape index (κ2) is 4.46. The van der Waals surface area contributed by atoms with Gasteiger partial charge in [0.15, 0.2) is 11.5 Å². The first kappa shape index (κ1) is 10.7. The Bertz CT molecular complexity index is 518. The Kier molecular flexibility index (Phi) is 2.82. The van der Waals surface area contributed by atoms with E-state index >= 15 is 0 Å². The number of anilines is 1. The fourth-order valence-electron chi connectivity index (χ4n) is 2.05. The maximum absolute atomic E-state index is 5.87. The Labute approximate surface area is 103 Å². The molecule has 17 heavy (non-hydrogen) atoms. The van der Waals surface area contributed by atoms with Crippen LogP contribution in [0, 0.1) is 0 Å². The minimum absolute atomic E-state index is 0.223. The Balaban J connectivity index is 1.90. The summed E-state index contributed by atoms with van der Waals surface area (Å²) in [5.41, 5.74) is 3.95. The van der Waals surface area contributed by atoms with Gasteiger partial charge < -0.3 is 5.43 Å². The van der Waals surface area contributed by atoms with Crippen LogP contribution in [0.1, 0.15) is 19.3 Å². The molecule has 1 aliphatic heterocycles. The zero-order chi connectivity index (χ0) is 11.7. The summed E-state index contributed by atoms with van der Waals surface area (Å²) < 4.78 is 0. The summed E-state index contributed by atoms with van der Waals surface area (Å²) in [6.45, 7) is 2.06. The van der Waals surface area contributed by atoms with Gasteiger partial charge in [-0.05, 0) is 24.4 Å². The average Bonchev–Trinajstić information content (AvgIpc) is 2.78. The summed E-state index contributed by atoms with van der Waals surface area (Å²) in [6, 6.07) is 0. The van der Waals surface area contributed by atoms with Crippen LogP contribution in [0.25, 0.3) is 11.0 Å². The first-order chi connectivity index (χ1) is 8.33. The lowest BCUT2D eigenvalue weighted by Gasteiger charge is -2.27. The number of aromatic amines is 1. The van der Waals surface area contributed by atoms with Crippen molar-refractivity contribution in [3.05, 3.63) is 11.5 Å². The highest BCUT2D eigenvalue weighted by Crippen LogP contribution is 2.21. The molecule has 1 saturated heterocycles. The van der Waals surface area contributed by atoms with Gasteiger partial charge in [-0.3, -0.25) is 5.10 Å². The van der Waals surface area contributed by atoms with Crippen LogP contribution in [-0.2, 0) is 0 Å². The van der Waals surface area contributed by atoms with Crippen LogP contribution in [0.2, 0.25) is 5.28 Å². The summed E-state index contributed by atoms with van der Waals surface area (Å²) >= 11 is 5.87. The predicted molar refractivity (Wildman–Crippen MR) is 65.7 cm³/mol. The van der Waals surface area contributed by atoms with Crippen molar-refractivity contribution in [1.29, 1.82) is 0 Å². The van der Waals surface area contributed by atoms with Gasteiger partial charge >= 0.3 is 0 Å². The summed E-state index contributed by atoms with van der Waals surface area (Å²) in [5, 5.41) is 9.99. The fraction of sp³-hybridized carbons (Fsp3) is 0.500. The van der Waals surface area contributed by atoms with E-state index in [9.17, 15) is 0 Å². The maximum Gasteiger partial charge on any atom is 0.226 e. The molecular weight excluding hydrogens is 240 g/mol. The first-order valence-corrected chi connectivity index (χ1v) is 6.09. The normalized spacial score (nSPS) is 17.5. The quantitative estimate of drug-likeness (QED) is 0.798. The number of fused-ring (bicyclic) bond motifs is 1. The monoisotopic (exact) mass is 252 g/mol. The lowest BCUT2D eigenvalue weighted by molar-refractivity contribution is 0.272. The van der Waals surface area contributed by atoms with Crippen LogP contribution in [0.3, 0.4) is 0 Å². The topological polar surface area (TPSA) is 69.7 Å². The van der Waals surface area contributed by atoms with E-state index in [1.807, 2.05) is 0 Å². The third-order valence-corrected chi connectivity index (χ3v) is 3.07. The maximum atomic E-state index is 5.87. The van der Waals surface area contributed by atoms with E-state index in [2.05, 4.69) is 30.6 Å². The molecule has 90 valence electrons. The summed E-state index contributed by atoms with van der Waals surface area (Å²) in [6.07, 6.45) is 5.42. The highest BCUT2D eigenvalue weighted by molar-refractivity contribution is 6.28. The molecule has 0 aromatic carbocycles. The largest absolute Gasteiger partial charge is 0.302 e. The van der Waals surface area contributed by atoms with Crippen molar-refractivity contribution in [2.24, 2.45) is 0 Å². The van der Waals surface area contributed by atoms with Gasteiger partial charge in [-0.1, -0.05) is 6.42 Å². The van der Waals surface area contributed by atoms with Crippen molar-refractivity contribution in [1.82, 2.24) is 25.2 Å². The molecule has 2 N–H and O–H groups in total. The van der Waals surface area contributed by atoms with E-state index in [0.717, 1.165) is 24.3 Å². The van der Waals surface area contributed by atoms with E-state index < -0.39 is 0 Å². The van der Waals surface area contributed by atoms with Crippen LogP contribution in [0.5, 0.6) is 0 Å². The molecule has 0 radical (unpaired) electrons. The summed E-state index contributed by atoms with van der Waals surface area (Å²) in [7, 11) is 0. The van der Waals surface area contributed by atoms with Gasteiger partial charge in [-0.2, -0.15) is 15.1 Å². The molecule has 0 spiro atoms. The molecule has 0 bridgehead atoms. The zero-order valence-electron chi connectivity index (χ0n) is 9.28. The predicted octanol–water partition coefficient (Wildman–Crippen LogP) is 1.82. The number of hydrazine groups is 1. The van der Waals surface area contributed by atoms with Gasteiger partial charge in [0, 0.05) is 13.1 Å². The van der Waals surface area contributed by atoms with Crippen molar-refractivity contribution in [3.8, 4) is 0 Å². The molecule has 7 heteroatoms. The minimum Gasteiger partial charge on any atom is -0.302 e. The SMILES string of the molecule is Clc1nc(NN2CCCCC2)c2cn[nH]c2n1. The van der Waals surface area contributed by atoms with Gasteiger partial charge in [0.2, 0.25) is 5.28 Å². The molecule has 2 aromatic heterocycles.